The number of amides is 1. The number of benzene rings is 2. The highest BCUT2D eigenvalue weighted by Gasteiger charge is 2.35. The van der Waals surface area contributed by atoms with Crippen LogP contribution in [0.5, 0.6) is 0 Å². The first-order chi connectivity index (χ1) is 19.7. The molecule has 2 atom stereocenters. The van der Waals surface area contributed by atoms with Gasteiger partial charge in [-0.3, -0.25) is 18.7 Å². The Morgan fingerprint density at radius 3 is 2.59 bits per heavy atom. The van der Waals surface area contributed by atoms with Crippen molar-refractivity contribution in [2.45, 2.75) is 44.1 Å². The zero-order chi connectivity index (χ0) is 28.7. The van der Waals surface area contributed by atoms with Crippen molar-refractivity contribution in [3.63, 3.8) is 0 Å². The maximum atomic E-state index is 13.5. The Morgan fingerprint density at radius 1 is 1.15 bits per heavy atom. The number of nitrogens with one attached hydrogen (secondary N) is 1. The van der Waals surface area contributed by atoms with Crippen LogP contribution >= 0.6 is 23.2 Å². The van der Waals surface area contributed by atoms with E-state index in [4.69, 9.17) is 27.9 Å². The van der Waals surface area contributed by atoms with E-state index >= 15 is 0 Å². The fourth-order valence-electron chi connectivity index (χ4n) is 5.61. The van der Waals surface area contributed by atoms with Gasteiger partial charge >= 0.3 is 0 Å². The third-order valence-electron chi connectivity index (χ3n) is 8.01. The number of fused-ring (bicyclic) bond motifs is 1. The molecular weight excluding hydrogens is 565 g/mol. The first kappa shape index (κ1) is 27.9. The van der Waals surface area contributed by atoms with Gasteiger partial charge < -0.3 is 20.1 Å². The summed E-state index contributed by atoms with van der Waals surface area (Å²) in [7, 11) is 0. The van der Waals surface area contributed by atoms with Gasteiger partial charge in [-0.1, -0.05) is 41.4 Å². The Hall–Kier alpha value is -3.21. The first-order valence-electron chi connectivity index (χ1n) is 13.7. The molecule has 1 amide bonds. The molecule has 2 aromatic heterocycles. The topological polar surface area (TPSA) is 102 Å². The normalized spacial score (nSPS) is 20.8. The molecule has 0 bridgehead atoms. The number of rotatable bonds is 5. The number of ether oxygens (including phenoxy) is 1. The van der Waals surface area contributed by atoms with E-state index in [1.807, 2.05) is 31.2 Å². The Kier molecular flexibility index (Phi) is 7.65. The van der Waals surface area contributed by atoms with Gasteiger partial charge in [-0.05, 0) is 61.7 Å². The molecule has 9 nitrogen and oxygen atoms in total. The monoisotopic (exact) mass is 595 g/mol. The maximum Gasteiger partial charge on any atom is 0.262 e. The summed E-state index contributed by atoms with van der Waals surface area (Å²) >= 11 is 12.6. The minimum Gasteiger partial charge on any atom is -0.388 e. The van der Waals surface area contributed by atoms with Gasteiger partial charge in [-0.2, -0.15) is 0 Å². The number of halogens is 2. The van der Waals surface area contributed by atoms with Crippen LogP contribution in [-0.2, 0) is 11.3 Å². The molecule has 0 unspecified atom stereocenters. The third kappa shape index (κ3) is 5.65. The summed E-state index contributed by atoms with van der Waals surface area (Å²) in [5, 5.41) is 16.1. The van der Waals surface area contributed by atoms with E-state index in [0.29, 0.717) is 59.3 Å². The summed E-state index contributed by atoms with van der Waals surface area (Å²) in [6.45, 7) is 4.25. The molecular formula is C30H31Cl2N5O4. The van der Waals surface area contributed by atoms with Crippen LogP contribution in [0.25, 0.3) is 16.7 Å². The second-order valence-corrected chi connectivity index (χ2v) is 11.8. The molecule has 4 aromatic rings. The van der Waals surface area contributed by atoms with Crippen molar-refractivity contribution in [2.75, 3.05) is 26.2 Å². The zero-order valence-electron chi connectivity index (χ0n) is 22.6. The van der Waals surface area contributed by atoms with Crippen LogP contribution < -0.4 is 10.9 Å². The Bertz CT molecular complexity index is 1640. The Labute approximate surface area is 247 Å². The Balaban J connectivity index is 1.18. The van der Waals surface area contributed by atoms with Crippen molar-refractivity contribution in [1.82, 2.24) is 24.3 Å². The van der Waals surface area contributed by atoms with Gasteiger partial charge in [0.1, 0.15) is 11.5 Å². The number of aliphatic hydroxyl groups is 1. The smallest absolute Gasteiger partial charge is 0.262 e. The van der Waals surface area contributed by atoms with Crippen LogP contribution in [0.3, 0.4) is 0 Å². The van der Waals surface area contributed by atoms with Crippen molar-refractivity contribution < 1.29 is 14.6 Å². The molecule has 2 aliphatic rings. The lowest BCUT2D eigenvalue weighted by Crippen LogP contribution is -2.49. The molecule has 2 aliphatic heterocycles. The molecule has 2 N–H and O–H groups in total. The number of carbonyl (C=O) groups excluding carboxylic acids is 1. The van der Waals surface area contributed by atoms with Crippen LogP contribution in [0, 0.1) is 0 Å². The van der Waals surface area contributed by atoms with E-state index in [-0.39, 0.29) is 30.2 Å². The molecule has 2 aromatic carbocycles. The fraction of sp³-hybridized carbons (Fsp3) is 0.367. The average Bonchev–Trinajstić information content (AvgIpc) is 3.31. The van der Waals surface area contributed by atoms with E-state index in [9.17, 15) is 14.7 Å². The maximum absolute atomic E-state index is 13.5. The summed E-state index contributed by atoms with van der Waals surface area (Å²) in [6, 6.07) is 16.5. The number of carbonyl (C=O) groups is 1. The lowest BCUT2D eigenvalue weighted by molar-refractivity contribution is -0.0299. The highest BCUT2D eigenvalue weighted by molar-refractivity contribution is 6.31. The highest BCUT2D eigenvalue weighted by atomic mass is 35.5. The molecule has 6 rings (SSSR count). The second kappa shape index (κ2) is 11.2. The molecule has 2 saturated heterocycles. The number of likely N-dealkylation sites (tertiary alicyclic amines) is 1. The van der Waals surface area contributed by atoms with Gasteiger partial charge in [0.25, 0.3) is 11.5 Å². The predicted molar refractivity (Wildman–Crippen MR) is 158 cm³/mol. The average molecular weight is 597 g/mol. The van der Waals surface area contributed by atoms with Gasteiger partial charge in [0.15, 0.2) is 5.65 Å². The van der Waals surface area contributed by atoms with Gasteiger partial charge in [0.05, 0.1) is 36.3 Å². The second-order valence-electron chi connectivity index (χ2n) is 10.9. The van der Waals surface area contributed by atoms with Crippen molar-refractivity contribution in [1.29, 1.82) is 0 Å². The van der Waals surface area contributed by atoms with E-state index in [1.165, 1.54) is 10.9 Å². The minimum atomic E-state index is -1.15. The molecule has 0 saturated carbocycles. The minimum absolute atomic E-state index is 0.0700. The van der Waals surface area contributed by atoms with E-state index in [1.54, 1.807) is 39.8 Å². The fourth-order valence-corrected chi connectivity index (χ4v) is 6.08. The number of hydrogen-bond acceptors (Lipinski definition) is 6. The predicted octanol–water partition coefficient (Wildman–Crippen LogP) is 4.21. The van der Waals surface area contributed by atoms with Gasteiger partial charge in [-0.25, -0.2) is 4.98 Å². The zero-order valence-corrected chi connectivity index (χ0v) is 24.1. The van der Waals surface area contributed by atoms with E-state index in [2.05, 4.69) is 10.3 Å². The lowest BCUT2D eigenvalue weighted by Gasteiger charge is -2.38. The van der Waals surface area contributed by atoms with E-state index in [0.717, 1.165) is 17.8 Å². The van der Waals surface area contributed by atoms with Crippen molar-refractivity contribution in [3.8, 4) is 5.69 Å². The molecule has 2 fully saturated rings. The summed E-state index contributed by atoms with van der Waals surface area (Å²) in [6.07, 6.45) is 2.32. The summed E-state index contributed by atoms with van der Waals surface area (Å²) < 4.78 is 8.94. The van der Waals surface area contributed by atoms with Gasteiger partial charge in [0, 0.05) is 35.9 Å². The summed E-state index contributed by atoms with van der Waals surface area (Å²) in [4.78, 5) is 32.6. The van der Waals surface area contributed by atoms with Crippen LogP contribution in [0.2, 0.25) is 10.2 Å². The van der Waals surface area contributed by atoms with E-state index < -0.39 is 5.60 Å². The number of piperidine rings is 1. The molecule has 11 heteroatoms. The van der Waals surface area contributed by atoms with Crippen molar-refractivity contribution in [3.05, 3.63) is 92.6 Å². The standard InChI is InChI=1S/C30H31Cl2N5O4/c1-19-15-33-25(16-41-19)20-5-7-23(8-6-20)37-26(32)14-24-27(37)34-18-36(29(24)39)17-30(40)9-11-35(12-10-30)28(38)21-3-2-4-22(31)13-21/h2-8,13-14,18-19,25,33,40H,9-12,15-17H2,1H3/t19-,25-/m0/s1. The van der Waals surface area contributed by atoms with Crippen LogP contribution in [0.15, 0.2) is 65.7 Å². The van der Waals surface area contributed by atoms with Crippen LogP contribution in [0.4, 0.5) is 0 Å². The third-order valence-corrected chi connectivity index (χ3v) is 8.52. The molecule has 4 heterocycles. The van der Waals surface area contributed by atoms with Gasteiger partial charge in [0.2, 0.25) is 0 Å². The molecule has 214 valence electrons. The quantitative estimate of drug-likeness (QED) is 0.358. The largest absolute Gasteiger partial charge is 0.388 e. The Morgan fingerprint density at radius 2 is 1.90 bits per heavy atom. The highest BCUT2D eigenvalue weighted by Crippen LogP contribution is 2.28. The number of hydrogen-bond donors (Lipinski definition) is 2. The van der Waals surface area contributed by atoms with Crippen LogP contribution in [0.1, 0.15) is 41.7 Å². The summed E-state index contributed by atoms with van der Waals surface area (Å²) in [5.74, 6) is -0.128. The number of aromatic nitrogens is 3. The lowest BCUT2D eigenvalue weighted by atomic mass is 9.91. The molecule has 0 aliphatic carbocycles. The van der Waals surface area contributed by atoms with Crippen LogP contribution in [-0.4, -0.2) is 68.0 Å². The van der Waals surface area contributed by atoms with Crippen molar-refractivity contribution >= 4 is 40.1 Å². The van der Waals surface area contributed by atoms with Gasteiger partial charge in [-0.15, -0.1) is 0 Å². The van der Waals surface area contributed by atoms with Crippen molar-refractivity contribution in [2.24, 2.45) is 0 Å². The number of nitrogens with zero attached hydrogens (tertiary/aromatic N) is 4. The summed E-state index contributed by atoms with van der Waals surface area (Å²) in [5.41, 5.74) is 1.43. The molecule has 41 heavy (non-hydrogen) atoms. The number of morpholine rings is 1. The molecule has 0 radical (unpaired) electrons. The molecule has 0 spiro atoms. The first-order valence-corrected chi connectivity index (χ1v) is 14.5. The SMILES string of the molecule is C[C@H]1CN[C@H](c2ccc(-n3c(Cl)cc4c(=O)n(CC5(O)CCN(C(=O)c6cccc(Cl)c6)CC5)cnc43)cc2)CO1.